The molecule has 3 aromatic rings. The molecule has 3 aromatic carbocycles. The zero-order valence-electron chi connectivity index (χ0n) is 16.1. The van der Waals surface area contributed by atoms with Crippen molar-refractivity contribution in [2.45, 2.75) is 13.5 Å². The van der Waals surface area contributed by atoms with Crippen molar-refractivity contribution in [2.75, 3.05) is 18.5 Å². The molecule has 0 spiro atoms. The van der Waals surface area contributed by atoms with Gasteiger partial charge < -0.3 is 19.5 Å². The summed E-state index contributed by atoms with van der Waals surface area (Å²) < 4.78 is 16.6. The lowest BCUT2D eigenvalue weighted by Gasteiger charge is -2.10. The van der Waals surface area contributed by atoms with Gasteiger partial charge in [-0.3, -0.25) is 4.79 Å². The predicted molar refractivity (Wildman–Crippen MR) is 114 cm³/mol. The second-order valence-corrected chi connectivity index (χ2v) is 6.62. The minimum atomic E-state index is -0.242. The fourth-order valence-electron chi connectivity index (χ4n) is 2.53. The number of ether oxygens (including phenoxy) is 3. The van der Waals surface area contributed by atoms with Gasteiger partial charge in [0.05, 0.1) is 6.61 Å². The van der Waals surface area contributed by atoms with E-state index in [2.05, 4.69) is 5.32 Å². The number of benzene rings is 3. The maximum atomic E-state index is 12.1. The minimum Gasteiger partial charge on any atom is -0.494 e. The SMILES string of the molecule is CCOc1ccc(OCC(=O)Nc2ccc(OCc3ccc(Cl)cc3)cc2)cc1. The van der Waals surface area contributed by atoms with Crippen LogP contribution in [0.2, 0.25) is 5.02 Å². The van der Waals surface area contributed by atoms with Gasteiger partial charge >= 0.3 is 0 Å². The van der Waals surface area contributed by atoms with Gasteiger partial charge in [0.25, 0.3) is 5.91 Å². The van der Waals surface area contributed by atoms with E-state index in [1.54, 1.807) is 48.5 Å². The van der Waals surface area contributed by atoms with E-state index >= 15 is 0 Å². The zero-order valence-corrected chi connectivity index (χ0v) is 16.8. The van der Waals surface area contributed by atoms with E-state index in [1.807, 2.05) is 31.2 Å². The number of carbonyl (C=O) groups is 1. The van der Waals surface area contributed by atoms with Crippen LogP contribution in [0.25, 0.3) is 0 Å². The molecule has 29 heavy (non-hydrogen) atoms. The number of anilines is 1. The smallest absolute Gasteiger partial charge is 0.262 e. The second-order valence-electron chi connectivity index (χ2n) is 6.18. The molecule has 0 unspecified atom stereocenters. The summed E-state index contributed by atoms with van der Waals surface area (Å²) in [6.45, 7) is 2.89. The van der Waals surface area contributed by atoms with Crippen molar-refractivity contribution in [1.29, 1.82) is 0 Å². The molecule has 150 valence electrons. The number of carbonyl (C=O) groups excluding carboxylic acids is 1. The Morgan fingerprint density at radius 1 is 0.793 bits per heavy atom. The van der Waals surface area contributed by atoms with Crippen molar-refractivity contribution in [3.8, 4) is 17.2 Å². The molecular weight excluding hydrogens is 390 g/mol. The van der Waals surface area contributed by atoms with Crippen molar-refractivity contribution in [3.63, 3.8) is 0 Å². The van der Waals surface area contributed by atoms with Crippen molar-refractivity contribution >= 4 is 23.2 Å². The Labute approximate surface area is 175 Å². The molecule has 0 saturated heterocycles. The van der Waals surface area contributed by atoms with Crippen LogP contribution in [0.15, 0.2) is 72.8 Å². The standard InChI is InChI=1S/C23H22ClNO4/c1-2-27-20-11-13-22(14-12-20)29-16-23(26)25-19-7-9-21(10-8-19)28-15-17-3-5-18(24)6-4-17/h3-14H,2,15-16H2,1H3,(H,25,26). The van der Waals surface area contributed by atoms with E-state index in [1.165, 1.54) is 0 Å². The van der Waals surface area contributed by atoms with Crippen LogP contribution in [0.5, 0.6) is 17.2 Å². The number of hydrogen-bond donors (Lipinski definition) is 1. The van der Waals surface area contributed by atoms with E-state index in [9.17, 15) is 4.79 Å². The zero-order chi connectivity index (χ0) is 20.5. The summed E-state index contributed by atoms with van der Waals surface area (Å²) in [5, 5.41) is 3.49. The van der Waals surface area contributed by atoms with Gasteiger partial charge in [-0.05, 0) is 73.2 Å². The van der Waals surface area contributed by atoms with Crippen LogP contribution in [-0.2, 0) is 11.4 Å². The lowest BCUT2D eigenvalue weighted by atomic mass is 10.2. The lowest BCUT2D eigenvalue weighted by Crippen LogP contribution is -2.20. The van der Waals surface area contributed by atoms with Crippen LogP contribution in [0, 0.1) is 0 Å². The van der Waals surface area contributed by atoms with Gasteiger partial charge in [-0.2, -0.15) is 0 Å². The van der Waals surface area contributed by atoms with Crippen LogP contribution in [0.3, 0.4) is 0 Å². The summed E-state index contributed by atoms with van der Waals surface area (Å²) in [6, 6.07) is 21.8. The fraction of sp³-hybridized carbons (Fsp3) is 0.174. The van der Waals surface area contributed by atoms with Gasteiger partial charge in [0.2, 0.25) is 0 Å². The molecule has 0 aliphatic rings. The van der Waals surface area contributed by atoms with Gasteiger partial charge in [-0.15, -0.1) is 0 Å². The summed E-state index contributed by atoms with van der Waals surface area (Å²) in [7, 11) is 0. The summed E-state index contributed by atoms with van der Waals surface area (Å²) >= 11 is 5.87. The number of halogens is 1. The molecular formula is C23H22ClNO4. The van der Waals surface area contributed by atoms with Crippen molar-refractivity contribution in [2.24, 2.45) is 0 Å². The Kier molecular flexibility index (Phi) is 7.36. The van der Waals surface area contributed by atoms with Crippen LogP contribution in [0.4, 0.5) is 5.69 Å². The molecule has 3 rings (SSSR count). The number of nitrogens with one attached hydrogen (secondary N) is 1. The predicted octanol–water partition coefficient (Wildman–Crippen LogP) is 5.34. The highest BCUT2D eigenvalue weighted by molar-refractivity contribution is 6.30. The van der Waals surface area contributed by atoms with Crippen molar-refractivity contribution < 1.29 is 19.0 Å². The molecule has 0 heterocycles. The van der Waals surface area contributed by atoms with Crippen molar-refractivity contribution in [3.05, 3.63) is 83.4 Å². The number of rotatable bonds is 9. The van der Waals surface area contributed by atoms with E-state index < -0.39 is 0 Å². The normalized spacial score (nSPS) is 10.3. The highest BCUT2D eigenvalue weighted by Gasteiger charge is 2.05. The fourth-order valence-corrected chi connectivity index (χ4v) is 2.65. The highest BCUT2D eigenvalue weighted by atomic mass is 35.5. The maximum absolute atomic E-state index is 12.1. The Morgan fingerprint density at radius 3 is 1.97 bits per heavy atom. The third-order valence-electron chi connectivity index (χ3n) is 3.96. The van der Waals surface area contributed by atoms with Crippen LogP contribution >= 0.6 is 11.6 Å². The Bertz CT molecular complexity index is 909. The molecule has 0 radical (unpaired) electrons. The molecule has 0 bridgehead atoms. The van der Waals surface area contributed by atoms with Gasteiger partial charge in [-0.1, -0.05) is 23.7 Å². The largest absolute Gasteiger partial charge is 0.494 e. The quantitative estimate of drug-likeness (QED) is 0.516. The number of hydrogen-bond acceptors (Lipinski definition) is 4. The molecule has 1 amide bonds. The summed E-state index contributed by atoms with van der Waals surface area (Å²) in [5.74, 6) is 1.84. The summed E-state index contributed by atoms with van der Waals surface area (Å²) in [5.41, 5.74) is 1.70. The Balaban J connectivity index is 1.43. The first-order chi connectivity index (χ1) is 14.1. The molecule has 0 aliphatic heterocycles. The highest BCUT2D eigenvalue weighted by Crippen LogP contribution is 2.19. The first-order valence-electron chi connectivity index (χ1n) is 9.25. The van der Waals surface area contributed by atoms with Gasteiger partial charge in [-0.25, -0.2) is 0 Å². The van der Waals surface area contributed by atoms with E-state index in [0.717, 1.165) is 11.3 Å². The first kappa shape index (κ1) is 20.6. The molecule has 6 heteroatoms. The molecule has 1 N–H and O–H groups in total. The molecule has 5 nitrogen and oxygen atoms in total. The van der Waals surface area contributed by atoms with E-state index in [0.29, 0.717) is 35.4 Å². The second kappa shape index (κ2) is 10.4. The molecule has 0 aliphatic carbocycles. The first-order valence-corrected chi connectivity index (χ1v) is 9.63. The van der Waals surface area contributed by atoms with Gasteiger partial charge in [0.15, 0.2) is 6.61 Å². The van der Waals surface area contributed by atoms with Gasteiger partial charge in [0, 0.05) is 10.7 Å². The molecule has 0 saturated carbocycles. The monoisotopic (exact) mass is 411 g/mol. The van der Waals surface area contributed by atoms with E-state index in [-0.39, 0.29) is 12.5 Å². The summed E-state index contributed by atoms with van der Waals surface area (Å²) in [4.78, 5) is 12.1. The summed E-state index contributed by atoms with van der Waals surface area (Å²) in [6.07, 6.45) is 0. The third-order valence-corrected chi connectivity index (χ3v) is 4.21. The third kappa shape index (κ3) is 6.73. The van der Waals surface area contributed by atoms with E-state index in [4.69, 9.17) is 25.8 Å². The van der Waals surface area contributed by atoms with Gasteiger partial charge in [0.1, 0.15) is 23.9 Å². The topological polar surface area (TPSA) is 56.8 Å². The minimum absolute atomic E-state index is 0.0806. The molecule has 0 aromatic heterocycles. The van der Waals surface area contributed by atoms with Crippen LogP contribution in [-0.4, -0.2) is 19.1 Å². The average molecular weight is 412 g/mol. The Morgan fingerprint density at radius 2 is 1.34 bits per heavy atom. The molecule has 0 atom stereocenters. The Hall–Kier alpha value is -3.18. The van der Waals surface area contributed by atoms with Crippen LogP contribution < -0.4 is 19.5 Å². The van der Waals surface area contributed by atoms with Crippen molar-refractivity contribution in [1.82, 2.24) is 0 Å². The average Bonchev–Trinajstić information content (AvgIpc) is 2.74. The molecule has 0 fully saturated rings. The van der Waals surface area contributed by atoms with Crippen LogP contribution in [0.1, 0.15) is 12.5 Å². The lowest BCUT2D eigenvalue weighted by molar-refractivity contribution is -0.118. The number of amides is 1. The maximum Gasteiger partial charge on any atom is 0.262 e.